The molecular weight excluding hydrogens is 276 g/mol. The fraction of sp³-hybridized carbons (Fsp3) is 0.231. The lowest BCUT2D eigenvalue weighted by atomic mass is 10.1. The van der Waals surface area contributed by atoms with Crippen LogP contribution < -0.4 is 21.5 Å². The number of ether oxygens (including phenoxy) is 1. The van der Waals surface area contributed by atoms with E-state index < -0.39 is 0 Å². The SMILES string of the molecule is COc1ccc(C(=O)NCCN)c2cc(C(=N)N)sc12. The zero-order valence-corrected chi connectivity index (χ0v) is 11.8. The molecule has 0 spiro atoms. The second-order valence-electron chi connectivity index (χ2n) is 4.13. The van der Waals surface area contributed by atoms with Crippen molar-refractivity contribution in [3.63, 3.8) is 0 Å². The lowest BCUT2D eigenvalue weighted by Crippen LogP contribution is -2.29. The monoisotopic (exact) mass is 292 g/mol. The van der Waals surface area contributed by atoms with E-state index in [4.69, 9.17) is 21.6 Å². The van der Waals surface area contributed by atoms with Crippen LogP contribution in [0.4, 0.5) is 0 Å². The number of carbonyl (C=O) groups is 1. The van der Waals surface area contributed by atoms with Gasteiger partial charge in [0.15, 0.2) is 0 Å². The summed E-state index contributed by atoms with van der Waals surface area (Å²) in [6.07, 6.45) is 0. The van der Waals surface area contributed by atoms with E-state index in [9.17, 15) is 4.79 Å². The van der Waals surface area contributed by atoms with Gasteiger partial charge in [-0.05, 0) is 18.2 Å². The van der Waals surface area contributed by atoms with Gasteiger partial charge in [-0.3, -0.25) is 10.2 Å². The first-order valence-corrected chi connectivity index (χ1v) is 6.83. The van der Waals surface area contributed by atoms with Crippen LogP contribution in [0.25, 0.3) is 10.1 Å². The van der Waals surface area contributed by atoms with Gasteiger partial charge >= 0.3 is 0 Å². The number of nitrogens with one attached hydrogen (secondary N) is 2. The molecule has 2 aromatic rings. The van der Waals surface area contributed by atoms with Crippen LogP contribution in [0.15, 0.2) is 18.2 Å². The Morgan fingerprint density at radius 3 is 2.85 bits per heavy atom. The van der Waals surface area contributed by atoms with Gasteiger partial charge in [0.05, 0.1) is 16.7 Å². The van der Waals surface area contributed by atoms with Crippen molar-refractivity contribution >= 4 is 33.2 Å². The molecule has 0 atom stereocenters. The van der Waals surface area contributed by atoms with Crippen LogP contribution in [0.3, 0.4) is 0 Å². The minimum absolute atomic E-state index is 0.0263. The fourth-order valence-corrected chi connectivity index (χ4v) is 2.91. The number of fused-ring (bicyclic) bond motifs is 1. The molecule has 6 N–H and O–H groups in total. The molecule has 0 aliphatic heterocycles. The van der Waals surface area contributed by atoms with E-state index in [0.717, 1.165) is 10.1 Å². The Morgan fingerprint density at radius 2 is 2.25 bits per heavy atom. The minimum Gasteiger partial charge on any atom is -0.495 e. The van der Waals surface area contributed by atoms with E-state index in [2.05, 4.69) is 5.32 Å². The van der Waals surface area contributed by atoms with E-state index >= 15 is 0 Å². The molecule has 0 aliphatic carbocycles. The van der Waals surface area contributed by atoms with Gasteiger partial charge in [-0.15, -0.1) is 11.3 Å². The third-order valence-electron chi connectivity index (χ3n) is 2.81. The molecular formula is C13H16N4O2S. The molecule has 1 amide bonds. The predicted molar refractivity (Wildman–Crippen MR) is 80.8 cm³/mol. The average molecular weight is 292 g/mol. The number of methoxy groups -OCH3 is 1. The molecule has 0 saturated carbocycles. The maximum Gasteiger partial charge on any atom is 0.251 e. The molecule has 0 fully saturated rings. The molecule has 20 heavy (non-hydrogen) atoms. The highest BCUT2D eigenvalue weighted by molar-refractivity contribution is 7.21. The Labute approximate surface area is 120 Å². The second-order valence-corrected chi connectivity index (χ2v) is 5.18. The summed E-state index contributed by atoms with van der Waals surface area (Å²) >= 11 is 1.33. The van der Waals surface area contributed by atoms with Crippen LogP contribution in [-0.4, -0.2) is 31.9 Å². The first-order chi connectivity index (χ1) is 9.58. The van der Waals surface area contributed by atoms with Gasteiger partial charge in [0.2, 0.25) is 0 Å². The maximum absolute atomic E-state index is 12.1. The number of carbonyl (C=O) groups excluding carboxylic acids is 1. The summed E-state index contributed by atoms with van der Waals surface area (Å²) in [6, 6.07) is 5.17. The zero-order valence-electron chi connectivity index (χ0n) is 11.0. The Kier molecular flexibility index (Phi) is 4.21. The number of hydrogen-bond acceptors (Lipinski definition) is 5. The average Bonchev–Trinajstić information content (AvgIpc) is 2.88. The van der Waals surface area contributed by atoms with Crippen LogP contribution in [-0.2, 0) is 0 Å². The van der Waals surface area contributed by atoms with E-state index in [-0.39, 0.29) is 11.7 Å². The summed E-state index contributed by atoms with van der Waals surface area (Å²) in [6.45, 7) is 0.795. The number of hydrogen-bond donors (Lipinski definition) is 4. The molecule has 7 heteroatoms. The zero-order chi connectivity index (χ0) is 14.7. The Morgan fingerprint density at radius 1 is 1.50 bits per heavy atom. The van der Waals surface area contributed by atoms with Gasteiger partial charge in [-0.1, -0.05) is 0 Å². The van der Waals surface area contributed by atoms with Gasteiger partial charge in [-0.2, -0.15) is 0 Å². The van der Waals surface area contributed by atoms with Crippen molar-refractivity contribution in [3.8, 4) is 5.75 Å². The van der Waals surface area contributed by atoms with E-state index in [0.29, 0.717) is 29.3 Å². The number of nitrogen functional groups attached to an aromatic ring is 1. The third-order valence-corrected chi connectivity index (χ3v) is 3.99. The number of benzene rings is 1. The Hall–Kier alpha value is -2.12. The standard InChI is InChI=1S/C13H16N4O2S/c1-19-9-3-2-7(13(18)17-5-4-14)8-6-10(12(15)16)20-11(8)9/h2-3,6H,4-5,14H2,1H3,(H3,15,16)(H,17,18). The van der Waals surface area contributed by atoms with Crippen molar-refractivity contribution in [2.24, 2.45) is 11.5 Å². The summed E-state index contributed by atoms with van der Waals surface area (Å²) in [7, 11) is 1.57. The molecule has 0 saturated heterocycles. The Bertz CT molecular complexity index is 666. The van der Waals surface area contributed by atoms with Gasteiger partial charge in [-0.25, -0.2) is 0 Å². The normalized spacial score (nSPS) is 10.5. The molecule has 1 aromatic heterocycles. The van der Waals surface area contributed by atoms with Gasteiger partial charge in [0.25, 0.3) is 5.91 Å². The number of amides is 1. The topological polar surface area (TPSA) is 114 Å². The molecule has 0 unspecified atom stereocenters. The maximum atomic E-state index is 12.1. The van der Waals surface area contributed by atoms with Crippen LogP contribution in [0.5, 0.6) is 5.75 Å². The second kappa shape index (κ2) is 5.89. The van der Waals surface area contributed by atoms with Crippen molar-refractivity contribution in [2.75, 3.05) is 20.2 Å². The minimum atomic E-state index is -0.198. The Balaban J connectivity index is 2.55. The van der Waals surface area contributed by atoms with E-state index in [1.165, 1.54) is 11.3 Å². The van der Waals surface area contributed by atoms with Crippen molar-refractivity contribution in [3.05, 3.63) is 28.6 Å². The van der Waals surface area contributed by atoms with Gasteiger partial charge in [0, 0.05) is 24.0 Å². The molecule has 1 heterocycles. The summed E-state index contributed by atoms with van der Waals surface area (Å²) in [4.78, 5) is 12.7. The van der Waals surface area contributed by atoms with Gasteiger partial charge in [0.1, 0.15) is 11.6 Å². The van der Waals surface area contributed by atoms with Crippen molar-refractivity contribution in [1.29, 1.82) is 5.41 Å². The molecule has 0 aliphatic rings. The quantitative estimate of drug-likeness (QED) is 0.484. The summed E-state index contributed by atoms with van der Waals surface area (Å²) in [5.74, 6) is 0.436. The summed E-state index contributed by atoms with van der Waals surface area (Å²) in [5.41, 5.74) is 11.4. The predicted octanol–water partition coefficient (Wildman–Crippen LogP) is 0.882. The third kappa shape index (κ3) is 2.59. The summed E-state index contributed by atoms with van der Waals surface area (Å²) < 4.78 is 6.09. The van der Waals surface area contributed by atoms with Crippen LogP contribution in [0.2, 0.25) is 0 Å². The largest absolute Gasteiger partial charge is 0.495 e. The molecule has 106 valence electrons. The molecule has 2 rings (SSSR count). The number of nitrogens with two attached hydrogens (primary N) is 2. The lowest BCUT2D eigenvalue weighted by Gasteiger charge is -2.07. The molecule has 1 aromatic carbocycles. The first-order valence-electron chi connectivity index (χ1n) is 6.01. The van der Waals surface area contributed by atoms with Crippen molar-refractivity contribution < 1.29 is 9.53 Å². The van der Waals surface area contributed by atoms with Crippen molar-refractivity contribution in [1.82, 2.24) is 5.32 Å². The molecule has 0 bridgehead atoms. The van der Waals surface area contributed by atoms with E-state index in [1.807, 2.05) is 0 Å². The fourth-order valence-electron chi connectivity index (χ4n) is 1.87. The smallest absolute Gasteiger partial charge is 0.251 e. The number of thiophene rings is 1. The van der Waals surface area contributed by atoms with Gasteiger partial charge < -0.3 is 21.5 Å². The van der Waals surface area contributed by atoms with Crippen LogP contribution in [0.1, 0.15) is 15.2 Å². The van der Waals surface area contributed by atoms with E-state index in [1.54, 1.807) is 25.3 Å². The van der Waals surface area contributed by atoms with Crippen molar-refractivity contribution in [2.45, 2.75) is 0 Å². The molecule has 6 nitrogen and oxygen atoms in total. The highest BCUT2D eigenvalue weighted by Crippen LogP contribution is 2.35. The highest BCUT2D eigenvalue weighted by atomic mass is 32.1. The number of rotatable bonds is 5. The van der Waals surface area contributed by atoms with Crippen LogP contribution in [0, 0.1) is 5.41 Å². The lowest BCUT2D eigenvalue weighted by molar-refractivity contribution is 0.0956. The number of amidine groups is 1. The molecule has 0 radical (unpaired) electrons. The summed E-state index contributed by atoms with van der Waals surface area (Å²) in [5, 5.41) is 11.0. The first kappa shape index (κ1) is 14.3. The van der Waals surface area contributed by atoms with Crippen LogP contribution >= 0.6 is 11.3 Å². The highest BCUT2D eigenvalue weighted by Gasteiger charge is 2.16.